The third-order valence-corrected chi connectivity index (χ3v) is 4.96. The number of nitrogens with zero attached hydrogens (tertiary/aromatic N) is 3. The molecule has 1 aliphatic rings. The number of carbonyl (C=O) groups excluding carboxylic acids is 1. The van der Waals surface area contributed by atoms with E-state index in [1.54, 1.807) is 16.9 Å². The quantitative estimate of drug-likeness (QED) is 0.710. The van der Waals surface area contributed by atoms with Crippen LogP contribution in [0.2, 0.25) is 0 Å². The molecule has 6 heteroatoms. The van der Waals surface area contributed by atoms with Crippen LogP contribution in [-0.4, -0.2) is 26.8 Å². The van der Waals surface area contributed by atoms with E-state index in [9.17, 15) is 4.79 Å². The van der Waals surface area contributed by atoms with E-state index in [1.165, 1.54) is 12.8 Å². The fourth-order valence-electron chi connectivity index (χ4n) is 3.49. The number of carbonyl (C=O) groups is 1. The highest BCUT2D eigenvalue weighted by atomic mass is 16.5. The normalized spacial score (nSPS) is 14.2. The average Bonchev–Trinajstić information content (AvgIpc) is 3.37. The van der Waals surface area contributed by atoms with Gasteiger partial charge in [0, 0.05) is 24.5 Å². The van der Waals surface area contributed by atoms with Gasteiger partial charge in [0.05, 0.1) is 5.69 Å². The number of hydrogen-bond donors (Lipinski definition) is 1. The van der Waals surface area contributed by atoms with Gasteiger partial charge in [0.25, 0.3) is 5.91 Å². The van der Waals surface area contributed by atoms with Gasteiger partial charge in [-0.1, -0.05) is 18.2 Å². The van der Waals surface area contributed by atoms with Gasteiger partial charge < -0.3 is 10.1 Å². The van der Waals surface area contributed by atoms with E-state index in [0.717, 1.165) is 29.8 Å². The fraction of sp³-hybridized carbons (Fsp3) is 0.318. The molecule has 1 saturated carbocycles. The maximum absolute atomic E-state index is 12.5. The van der Waals surface area contributed by atoms with Crippen LogP contribution < -0.4 is 10.1 Å². The van der Waals surface area contributed by atoms with Gasteiger partial charge in [0.2, 0.25) is 5.88 Å². The number of aryl methyl sites for hydroxylation is 1. The van der Waals surface area contributed by atoms with Crippen LogP contribution in [0.25, 0.3) is 5.69 Å². The molecule has 1 aromatic carbocycles. The van der Waals surface area contributed by atoms with Crippen molar-refractivity contribution in [3.05, 3.63) is 71.7 Å². The standard InChI is InChI=1S/C22H24N4O2/c1-16-13-20(25-26(16)18-7-3-2-4-8-18)22(27)24-15-17-11-12-23-21(14-17)28-19-9-5-6-10-19/h2-4,7-8,11-14,19H,5-6,9-10,15H2,1H3,(H,24,27). The van der Waals surface area contributed by atoms with E-state index in [-0.39, 0.29) is 12.0 Å². The third-order valence-electron chi connectivity index (χ3n) is 4.96. The molecule has 28 heavy (non-hydrogen) atoms. The second-order valence-electron chi connectivity index (χ2n) is 7.13. The summed E-state index contributed by atoms with van der Waals surface area (Å²) in [5, 5.41) is 7.38. The third kappa shape index (κ3) is 4.22. The number of pyridine rings is 1. The molecular weight excluding hydrogens is 352 g/mol. The Labute approximate surface area is 164 Å². The minimum absolute atomic E-state index is 0.201. The highest BCUT2D eigenvalue weighted by Gasteiger charge is 2.17. The summed E-state index contributed by atoms with van der Waals surface area (Å²) in [5.74, 6) is 0.427. The molecule has 0 aliphatic heterocycles. The van der Waals surface area contributed by atoms with Crippen LogP contribution in [0, 0.1) is 6.92 Å². The number of nitrogens with one attached hydrogen (secondary N) is 1. The molecule has 1 aliphatic carbocycles. The van der Waals surface area contributed by atoms with Crippen LogP contribution >= 0.6 is 0 Å². The molecular formula is C22H24N4O2. The van der Waals surface area contributed by atoms with Crippen LogP contribution in [0.1, 0.15) is 47.4 Å². The van der Waals surface area contributed by atoms with E-state index in [4.69, 9.17) is 4.74 Å². The average molecular weight is 376 g/mol. The van der Waals surface area contributed by atoms with E-state index in [1.807, 2.05) is 49.4 Å². The first-order chi connectivity index (χ1) is 13.7. The Morgan fingerprint density at radius 3 is 2.75 bits per heavy atom. The molecule has 0 spiro atoms. The van der Waals surface area contributed by atoms with Gasteiger partial charge in [-0.2, -0.15) is 5.10 Å². The molecule has 0 atom stereocenters. The van der Waals surface area contributed by atoms with Gasteiger partial charge in [-0.3, -0.25) is 4.79 Å². The summed E-state index contributed by atoms with van der Waals surface area (Å²) in [7, 11) is 0. The molecule has 1 fully saturated rings. The number of para-hydroxylation sites is 1. The number of ether oxygens (including phenoxy) is 1. The number of rotatable bonds is 6. The molecule has 144 valence electrons. The van der Waals surface area contributed by atoms with Crippen molar-refractivity contribution in [1.29, 1.82) is 0 Å². The molecule has 0 unspecified atom stereocenters. The second-order valence-corrected chi connectivity index (χ2v) is 7.13. The maximum atomic E-state index is 12.5. The van der Waals surface area contributed by atoms with Crippen molar-refractivity contribution in [3.63, 3.8) is 0 Å². The second kappa shape index (κ2) is 8.25. The molecule has 1 amide bonds. The van der Waals surface area contributed by atoms with Gasteiger partial charge in [0.15, 0.2) is 5.69 Å². The van der Waals surface area contributed by atoms with Gasteiger partial charge >= 0.3 is 0 Å². The summed E-state index contributed by atoms with van der Waals surface area (Å²) in [4.78, 5) is 16.8. The van der Waals surface area contributed by atoms with Crippen LogP contribution in [0.5, 0.6) is 5.88 Å². The number of amides is 1. The monoisotopic (exact) mass is 376 g/mol. The fourth-order valence-corrected chi connectivity index (χ4v) is 3.49. The Hall–Kier alpha value is -3.15. The number of benzene rings is 1. The topological polar surface area (TPSA) is 69.0 Å². The van der Waals surface area contributed by atoms with Crippen molar-refractivity contribution in [1.82, 2.24) is 20.1 Å². The number of hydrogen-bond acceptors (Lipinski definition) is 4. The lowest BCUT2D eigenvalue weighted by Crippen LogP contribution is -2.23. The minimum atomic E-state index is -0.201. The van der Waals surface area contributed by atoms with Crippen LogP contribution in [0.3, 0.4) is 0 Å². The molecule has 3 aromatic rings. The van der Waals surface area contributed by atoms with E-state index < -0.39 is 0 Å². The zero-order valence-electron chi connectivity index (χ0n) is 16.0. The summed E-state index contributed by atoms with van der Waals surface area (Å²) in [6, 6.07) is 15.4. The van der Waals surface area contributed by atoms with Crippen molar-refractivity contribution in [2.24, 2.45) is 0 Å². The van der Waals surface area contributed by atoms with Gasteiger partial charge in [-0.15, -0.1) is 0 Å². The molecule has 1 N–H and O–H groups in total. The molecule has 0 radical (unpaired) electrons. The van der Waals surface area contributed by atoms with Crippen LogP contribution in [0.15, 0.2) is 54.7 Å². The highest BCUT2D eigenvalue weighted by Crippen LogP contribution is 2.23. The Morgan fingerprint density at radius 1 is 1.18 bits per heavy atom. The molecule has 2 aromatic heterocycles. The molecule has 0 bridgehead atoms. The van der Waals surface area contributed by atoms with E-state index in [2.05, 4.69) is 15.4 Å². The predicted molar refractivity (Wildman–Crippen MR) is 107 cm³/mol. The molecule has 4 rings (SSSR count). The predicted octanol–water partition coefficient (Wildman–Crippen LogP) is 3.83. The van der Waals surface area contributed by atoms with Crippen molar-refractivity contribution in [2.45, 2.75) is 45.3 Å². The Balaban J connectivity index is 1.39. The van der Waals surface area contributed by atoms with Crippen LogP contribution in [0.4, 0.5) is 0 Å². The molecule has 2 heterocycles. The smallest absolute Gasteiger partial charge is 0.272 e. The summed E-state index contributed by atoms with van der Waals surface area (Å²) < 4.78 is 7.71. The SMILES string of the molecule is Cc1cc(C(=O)NCc2ccnc(OC3CCCC3)c2)nn1-c1ccccc1. The first kappa shape index (κ1) is 18.2. The van der Waals surface area contributed by atoms with Crippen molar-refractivity contribution >= 4 is 5.91 Å². The van der Waals surface area contributed by atoms with Crippen molar-refractivity contribution < 1.29 is 9.53 Å². The van der Waals surface area contributed by atoms with Gasteiger partial charge in [-0.05, 0) is 62.4 Å². The molecule has 0 saturated heterocycles. The summed E-state index contributed by atoms with van der Waals surface area (Å²) in [5.41, 5.74) is 3.20. The van der Waals surface area contributed by atoms with Gasteiger partial charge in [-0.25, -0.2) is 9.67 Å². The van der Waals surface area contributed by atoms with Crippen molar-refractivity contribution in [3.8, 4) is 11.6 Å². The Bertz CT molecular complexity index is 946. The number of aromatic nitrogens is 3. The summed E-state index contributed by atoms with van der Waals surface area (Å²) in [6.45, 7) is 2.34. The first-order valence-electron chi connectivity index (χ1n) is 9.71. The first-order valence-corrected chi connectivity index (χ1v) is 9.71. The largest absolute Gasteiger partial charge is 0.474 e. The summed E-state index contributed by atoms with van der Waals surface area (Å²) >= 11 is 0. The van der Waals surface area contributed by atoms with Crippen LogP contribution in [-0.2, 0) is 6.54 Å². The summed E-state index contributed by atoms with van der Waals surface area (Å²) in [6.07, 6.45) is 6.60. The Kier molecular flexibility index (Phi) is 5.37. The van der Waals surface area contributed by atoms with E-state index >= 15 is 0 Å². The highest BCUT2D eigenvalue weighted by molar-refractivity contribution is 5.92. The van der Waals surface area contributed by atoms with Crippen molar-refractivity contribution in [2.75, 3.05) is 0 Å². The van der Waals surface area contributed by atoms with Gasteiger partial charge in [0.1, 0.15) is 6.10 Å². The lowest BCUT2D eigenvalue weighted by molar-refractivity contribution is 0.0945. The Morgan fingerprint density at radius 2 is 1.96 bits per heavy atom. The van der Waals surface area contributed by atoms with E-state index in [0.29, 0.717) is 18.1 Å². The zero-order valence-corrected chi connectivity index (χ0v) is 16.0. The minimum Gasteiger partial charge on any atom is -0.474 e. The lowest BCUT2D eigenvalue weighted by Gasteiger charge is -2.12. The molecule has 6 nitrogen and oxygen atoms in total. The maximum Gasteiger partial charge on any atom is 0.272 e. The lowest BCUT2D eigenvalue weighted by atomic mass is 10.2. The zero-order chi connectivity index (χ0) is 19.3.